The minimum atomic E-state index is -0.119. The lowest BCUT2D eigenvalue weighted by Gasteiger charge is -2.30. The van der Waals surface area contributed by atoms with Crippen LogP contribution in [0.2, 0.25) is 0 Å². The van der Waals surface area contributed by atoms with Crippen LogP contribution in [-0.4, -0.2) is 48.1 Å². The number of anilines is 1. The zero-order valence-corrected chi connectivity index (χ0v) is 19.3. The highest BCUT2D eigenvalue weighted by molar-refractivity contribution is 9.10. The minimum absolute atomic E-state index is 0.119. The van der Waals surface area contributed by atoms with Crippen LogP contribution >= 0.6 is 15.9 Å². The van der Waals surface area contributed by atoms with Crippen molar-refractivity contribution < 1.29 is 14.3 Å². The molecule has 1 heterocycles. The van der Waals surface area contributed by atoms with Crippen molar-refractivity contribution in [2.75, 3.05) is 25.6 Å². The van der Waals surface area contributed by atoms with Crippen LogP contribution in [0.25, 0.3) is 0 Å². The van der Waals surface area contributed by atoms with Crippen molar-refractivity contribution in [1.29, 1.82) is 0 Å². The molecular weight excluding hydrogens is 434 g/mol. The number of nitrogens with one attached hydrogen (secondary N) is 1. The molecule has 1 aromatic carbocycles. The van der Waals surface area contributed by atoms with Crippen molar-refractivity contribution in [1.82, 2.24) is 9.88 Å². The van der Waals surface area contributed by atoms with E-state index in [0.29, 0.717) is 35.9 Å². The Morgan fingerprint density at radius 2 is 1.86 bits per heavy atom. The molecule has 1 amide bonds. The molecule has 6 nitrogen and oxygen atoms in total. The number of carbonyl (C=O) groups is 1. The molecule has 1 aromatic heterocycles. The van der Waals surface area contributed by atoms with E-state index in [9.17, 15) is 4.79 Å². The first-order valence-electron chi connectivity index (χ1n) is 9.76. The Morgan fingerprint density at radius 3 is 2.48 bits per heavy atom. The monoisotopic (exact) mass is 463 g/mol. The van der Waals surface area contributed by atoms with Gasteiger partial charge in [-0.3, -0.25) is 14.7 Å². The Kier molecular flexibility index (Phi) is 8.92. The van der Waals surface area contributed by atoms with Crippen molar-refractivity contribution in [3.05, 3.63) is 46.7 Å². The van der Waals surface area contributed by atoms with E-state index in [1.807, 2.05) is 6.07 Å². The number of pyridine rings is 1. The molecule has 0 aliphatic carbocycles. The summed E-state index contributed by atoms with van der Waals surface area (Å²) in [6, 6.07) is 8.17. The highest BCUT2D eigenvalue weighted by Gasteiger charge is 2.14. The van der Waals surface area contributed by atoms with Crippen LogP contribution in [0.1, 0.15) is 33.3 Å². The molecule has 0 atom stereocenters. The standard InChI is InChI=1S/C22H30BrN3O3/c1-15(2)26(16(3)4)8-9-29-21-12-19(6-7-20(21)28-5)25-22(27)11-17-10-18(23)14-24-13-17/h6-7,10,12-16H,8-9,11H2,1-5H3,(H,25,27). The number of hydrogen-bond donors (Lipinski definition) is 1. The third-order valence-electron chi connectivity index (χ3n) is 4.51. The summed E-state index contributed by atoms with van der Waals surface area (Å²) < 4.78 is 12.2. The first-order chi connectivity index (χ1) is 13.8. The number of hydrogen-bond acceptors (Lipinski definition) is 5. The molecule has 1 N–H and O–H groups in total. The number of methoxy groups -OCH3 is 1. The van der Waals surface area contributed by atoms with Gasteiger partial charge in [0.1, 0.15) is 6.61 Å². The second kappa shape index (κ2) is 11.2. The fraction of sp³-hybridized carbons (Fsp3) is 0.455. The van der Waals surface area contributed by atoms with Crippen LogP contribution in [0.4, 0.5) is 5.69 Å². The van der Waals surface area contributed by atoms with Crippen LogP contribution in [-0.2, 0) is 11.2 Å². The van der Waals surface area contributed by atoms with Gasteiger partial charge in [0.25, 0.3) is 0 Å². The van der Waals surface area contributed by atoms with Crippen molar-refractivity contribution in [3.8, 4) is 11.5 Å². The van der Waals surface area contributed by atoms with E-state index in [0.717, 1.165) is 16.6 Å². The summed E-state index contributed by atoms with van der Waals surface area (Å²) in [6.07, 6.45) is 3.61. The third-order valence-corrected chi connectivity index (χ3v) is 4.94. The van der Waals surface area contributed by atoms with E-state index in [4.69, 9.17) is 9.47 Å². The van der Waals surface area contributed by atoms with E-state index in [1.54, 1.807) is 37.7 Å². The minimum Gasteiger partial charge on any atom is -0.493 e. The lowest BCUT2D eigenvalue weighted by molar-refractivity contribution is -0.115. The number of aromatic nitrogens is 1. The lowest BCUT2D eigenvalue weighted by atomic mass is 10.2. The molecule has 0 aliphatic heterocycles. The molecule has 0 aliphatic rings. The molecule has 0 radical (unpaired) electrons. The van der Waals surface area contributed by atoms with Crippen molar-refractivity contribution >= 4 is 27.5 Å². The number of nitrogens with zero attached hydrogens (tertiary/aromatic N) is 2. The summed E-state index contributed by atoms with van der Waals surface area (Å²) in [4.78, 5) is 18.8. The third kappa shape index (κ3) is 7.33. The number of halogens is 1. The molecule has 0 bridgehead atoms. The van der Waals surface area contributed by atoms with Gasteiger partial charge in [-0.15, -0.1) is 0 Å². The Bertz CT molecular complexity index is 804. The number of carbonyl (C=O) groups excluding carboxylic acids is 1. The van der Waals surface area contributed by atoms with Crippen LogP contribution in [0.5, 0.6) is 11.5 Å². The molecule has 158 valence electrons. The van der Waals surface area contributed by atoms with Gasteiger partial charge in [-0.05, 0) is 67.4 Å². The van der Waals surface area contributed by atoms with Crippen molar-refractivity contribution in [2.45, 2.75) is 46.2 Å². The van der Waals surface area contributed by atoms with Gasteiger partial charge in [0.2, 0.25) is 5.91 Å². The Morgan fingerprint density at radius 1 is 1.14 bits per heavy atom. The largest absolute Gasteiger partial charge is 0.493 e. The lowest BCUT2D eigenvalue weighted by Crippen LogP contribution is -2.39. The topological polar surface area (TPSA) is 63.7 Å². The van der Waals surface area contributed by atoms with E-state index < -0.39 is 0 Å². The maximum absolute atomic E-state index is 12.4. The fourth-order valence-corrected chi connectivity index (χ4v) is 3.60. The first-order valence-corrected chi connectivity index (χ1v) is 10.5. The maximum atomic E-state index is 12.4. The van der Waals surface area contributed by atoms with Crippen LogP contribution < -0.4 is 14.8 Å². The second-order valence-corrected chi connectivity index (χ2v) is 8.29. The quantitative estimate of drug-likeness (QED) is 0.560. The van der Waals surface area contributed by atoms with E-state index in [2.05, 4.69) is 58.8 Å². The molecule has 0 spiro atoms. The van der Waals surface area contributed by atoms with Gasteiger partial charge in [-0.25, -0.2) is 0 Å². The predicted molar refractivity (Wildman–Crippen MR) is 120 cm³/mol. The van der Waals surface area contributed by atoms with Gasteiger partial charge in [-0.2, -0.15) is 0 Å². The Labute approximate surface area is 181 Å². The molecule has 0 unspecified atom stereocenters. The summed E-state index contributed by atoms with van der Waals surface area (Å²) in [5.74, 6) is 1.13. The fourth-order valence-electron chi connectivity index (χ4n) is 3.18. The van der Waals surface area contributed by atoms with E-state index in [1.165, 1.54) is 0 Å². The number of ether oxygens (including phenoxy) is 2. The van der Waals surface area contributed by atoms with E-state index in [-0.39, 0.29) is 12.3 Å². The second-order valence-electron chi connectivity index (χ2n) is 7.38. The number of rotatable bonds is 10. The zero-order valence-electron chi connectivity index (χ0n) is 17.7. The average molecular weight is 464 g/mol. The van der Waals surface area contributed by atoms with Crippen molar-refractivity contribution in [3.63, 3.8) is 0 Å². The van der Waals surface area contributed by atoms with Gasteiger partial charge in [0.15, 0.2) is 11.5 Å². The number of amides is 1. The first kappa shape index (κ1) is 23.2. The molecular formula is C22H30BrN3O3. The summed E-state index contributed by atoms with van der Waals surface area (Å²) in [6.45, 7) is 10.1. The SMILES string of the molecule is COc1ccc(NC(=O)Cc2cncc(Br)c2)cc1OCCN(C(C)C)C(C)C. The summed E-state index contributed by atoms with van der Waals surface area (Å²) >= 11 is 3.37. The highest BCUT2D eigenvalue weighted by Crippen LogP contribution is 2.30. The summed E-state index contributed by atoms with van der Waals surface area (Å²) in [5, 5.41) is 2.91. The molecule has 0 fully saturated rings. The Hall–Kier alpha value is -2.12. The van der Waals surface area contributed by atoms with E-state index >= 15 is 0 Å². The van der Waals surface area contributed by atoms with Crippen LogP contribution in [0.3, 0.4) is 0 Å². The van der Waals surface area contributed by atoms with Gasteiger partial charge in [0.05, 0.1) is 13.5 Å². The molecule has 2 aromatic rings. The van der Waals surface area contributed by atoms with Gasteiger partial charge < -0.3 is 14.8 Å². The predicted octanol–water partition coefficient (Wildman–Crippen LogP) is 4.53. The van der Waals surface area contributed by atoms with Crippen molar-refractivity contribution in [2.24, 2.45) is 0 Å². The molecule has 2 rings (SSSR count). The smallest absolute Gasteiger partial charge is 0.228 e. The van der Waals surface area contributed by atoms with Crippen LogP contribution in [0, 0.1) is 0 Å². The van der Waals surface area contributed by atoms with Crippen LogP contribution in [0.15, 0.2) is 41.1 Å². The Balaban J connectivity index is 2.01. The molecule has 0 saturated carbocycles. The normalized spacial score (nSPS) is 11.2. The maximum Gasteiger partial charge on any atom is 0.228 e. The zero-order chi connectivity index (χ0) is 21.4. The summed E-state index contributed by atoms with van der Waals surface area (Å²) in [7, 11) is 1.61. The summed E-state index contributed by atoms with van der Waals surface area (Å²) in [5.41, 5.74) is 1.50. The molecule has 29 heavy (non-hydrogen) atoms. The highest BCUT2D eigenvalue weighted by atomic mass is 79.9. The van der Waals surface area contributed by atoms with Gasteiger partial charge in [0, 0.05) is 47.2 Å². The van der Waals surface area contributed by atoms with Gasteiger partial charge >= 0.3 is 0 Å². The molecule has 7 heteroatoms. The van der Waals surface area contributed by atoms with Gasteiger partial charge in [-0.1, -0.05) is 0 Å². The average Bonchev–Trinajstić information content (AvgIpc) is 2.64. The molecule has 0 saturated heterocycles. The number of benzene rings is 1.